The van der Waals surface area contributed by atoms with Gasteiger partial charge in [0.05, 0.1) is 24.1 Å². The number of piperidine rings is 1. The molecule has 0 saturated carbocycles. The van der Waals surface area contributed by atoms with Crippen LogP contribution >= 0.6 is 0 Å². The molecule has 0 bridgehead atoms. The highest BCUT2D eigenvalue weighted by Crippen LogP contribution is 2.22. The van der Waals surface area contributed by atoms with E-state index in [1.165, 1.54) is 18.7 Å². The molecule has 0 radical (unpaired) electrons. The van der Waals surface area contributed by atoms with Gasteiger partial charge in [0, 0.05) is 31.0 Å². The molecule has 0 spiro atoms. The number of hydrogen-bond acceptors (Lipinski definition) is 6. The second-order valence-corrected chi connectivity index (χ2v) is 7.40. The third-order valence-corrected chi connectivity index (χ3v) is 5.17. The van der Waals surface area contributed by atoms with Gasteiger partial charge in [0.25, 0.3) is 11.8 Å². The van der Waals surface area contributed by atoms with E-state index in [-0.39, 0.29) is 35.8 Å². The maximum atomic E-state index is 12.7. The average Bonchev–Trinajstić information content (AvgIpc) is 3.50. The zero-order valence-electron chi connectivity index (χ0n) is 17.1. The molecule has 3 heterocycles. The predicted octanol–water partition coefficient (Wildman–Crippen LogP) is 2.67. The Bertz CT molecular complexity index is 1110. The zero-order chi connectivity index (χ0) is 22.5. The first-order valence-corrected chi connectivity index (χ1v) is 10.1. The summed E-state index contributed by atoms with van der Waals surface area (Å²) in [6.07, 6.45) is 5.81. The molecule has 2 amide bonds. The van der Waals surface area contributed by atoms with E-state index in [1.54, 1.807) is 46.0 Å². The molecule has 32 heavy (non-hydrogen) atoms. The largest absolute Gasteiger partial charge is 0.484 e. The number of anilines is 1. The number of ether oxygens (including phenoxy) is 1. The maximum Gasteiger partial charge on any atom is 0.338 e. The Hall–Kier alpha value is -4.08. The van der Waals surface area contributed by atoms with E-state index in [9.17, 15) is 14.4 Å². The highest BCUT2D eigenvalue weighted by atomic mass is 16.5. The Morgan fingerprint density at radius 3 is 2.88 bits per heavy atom. The monoisotopic (exact) mass is 438 g/mol. The molecule has 2 N–H and O–H groups in total. The molecule has 0 aliphatic carbocycles. The molecule has 1 fully saturated rings. The number of amides is 2. The van der Waals surface area contributed by atoms with Gasteiger partial charge < -0.3 is 24.5 Å². The lowest BCUT2D eigenvalue weighted by molar-refractivity contribution is -0.135. The quantitative estimate of drug-likeness (QED) is 0.581. The Kier molecular flexibility index (Phi) is 6.20. The number of rotatable bonds is 7. The van der Waals surface area contributed by atoms with Gasteiger partial charge in [0.1, 0.15) is 5.75 Å². The van der Waals surface area contributed by atoms with Crippen molar-refractivity contribution in [3.8, 4) is 5.75 Å². The molecule has 2 aromatic heterocycles. The van der Waals surface area contributed by atoms with E-state index < -0.39 is 5.97 Å². The molecule has 4 rings (SSSR count). The van der Waals surface area contributed by atoms with Gasteiger partial charge in [0.15, 0.2) is 12.4 Å². The van der Waals surface area contributed by atoms with E-state index in [0.717, 1.165) is 12.8 Å². The predicted molar refractivity (Wildman–Crippen MR) is 113 cm³/mol. The lowest BCUT2D eigenvalue weighted by Gasteiger charge is -2.32. The second kappa shape index (κ2) is 9.38. The summed E-state index contributed by atoms with van der Waals surface area (Å²) in [7, 11) is 0. The van der Waals surface area contributed by atoms with E-state index in [0.29, 0.717) is 24.5 Å². The van der Waals surface area contributed by atoms with Gasteiger partial charge in [-0.15, -0.1) is 0 Å². The summed E-state index contributed by atoms with van der Waals surface area (Å²) in [5.41, 5.74) is 0.637. The molecular formula is C22H22N4O6. The number of aromatic nitrogens is 2. The maximum absolute atomic E-state index is 12.7. The second-order valence-electron chi connectivity index (χ2n) is 7.40. The van der Waals surface area contributed by atoms with E-state index in [1.807, 2.05) is 0 Å². The van der Waals surface area contributed by atoms with Crippen molar-refractivity contribution in [2.75, 3.05) is 25.0 Å². The van der Waals surface area contributed by atoms with Crippen molar-refractivity contribution in [2.24, 2.45) is 0 Å². The first-order chi connectivity index (χ1) is 15.5. The topological polar surface area (TPSA) is 127 Å². The molecule has 10 nitrogen and oxygen atoms in total. The minimum Gasteiger partial charge on any atom is -0.484 e. The SMILES string of the molecule is O=C(O)c1cnn(C2CCCN(C(=O)COc3cccc(NC(=O)c4ccco4)c3)C2)c1. The third kappa shape index (κ3) is 4.97. The Balaban J connectivity index is 1.32. The first kappa shape index (κ1) is 21.2. The third-order valence-electron chi connectivity index (χ3n) is 5.17. The lowest BCUT2D eigenvalue weighted by Crippen LogP contribution is -2.43. The number of carboxylic acid groups (broad SMARTS) is 1. The van der Waals surface area contributed by atoms with Crippen LogP contribution in [0.3, 0.4) is 0 Å². The van der Waals surface area contributed by atoms with Crippen molar-refractivity contribution < 1.29 is 28.6 Å². The number of nitrogens with one attached hydrogen (secondary N) is 1. The fraction of sp³-hybridized carbons (Fsp3) is 0.273. The van der Waals surface area contributed by atoms with Crippen molar-refractivity contribution >= 4 is 23.5 Å². The smallest absolute Gasteiger partial charge is 0.338 e. The zero-order valence-corrected chi connectivity index (χ0v) is 17.1. The van der Waals surface area contributed by atoms with Crippen LogP contribution in [0.25, 0.3) is 0 Å². The Labute approximate surface area is 183 Å². The first-order valence-electron chi connectivity index (χ1n) is 10.1. The van der Waals surface area contributed by atoms with Gasteiger partial charge in [-0.1, -0.05) is 6.07 Å². The molecule has 1 aliphatic heterocycles. The van der Waals surface area contributed by atoms with Crippen molar-refractivity contribution in [2.45, 2.75) is 18.9 Å². The van der Waals surface area contributed by atoms with Crippen LogP contribution in [0, 0.1) is 0 Å². The van der Waals surface area contributed by atoms with Crippen LogP contribution < -0.4 is 10.1 Å². The van der Waals surface area contributed by atoms with Gasteiger partial charge in [-0.25, -0.2) is 4.79 Å². The van der Waals surface area contributed by atoms with Crippen LogP contribution in [0.15, 0.2) is 59.5 Å². The van der Waals surface area contributed by atoms with Crippen molar-refractivity contribution in [1.29, 1.82) is 0 Å². The van der Waals surface area contributed by atoms with Gasteiger partial charge in [-0.3, -0.25) is 14.3 Å². The minimum atomic E-state index is -1.03. The van der Waals surface area contributed by atoms with Crippen molar-refractivity contribution in [3.63, 3.8) is 0 Å². The Morgan fingerprint density at radius 1 is 1.25 bits per heavy atom. The number of aromatic carboxylic acids is 1. The van der Waals surface area contributed by atoms with Crippen molar-refractivity contribution in [3.05, 3.63) is 66.4 Å². The summed E-state index contributed by atoms with van der Waals surface area (Å²) in [5.74, 6) is -0.949. The number of nitrogens with zero attached hydrogens (tertiary/aromatic N) is 3. The van der Waals surface area contributed by atoms with Gasteiger partial charge >= 0.3 is 5.97 Å². The van der Waals surface area contributed by atoms with E-state index in [2.05, 4.69) is 10.4 Å². The molecule has 3 aromatic rings. The lowest BCUT2D eigenvalue weighted by atomic mass is 10.1. The standard InChI is InChI=1S/C22H22N4O6/c27-20(25-8-2-5-17(13-25)26-12-15(11-23-26)22(29)30)14-32-18-6-1-4-16(10-18)24-21(28)19-7-3-9-31-19/h1,3-4,6-7,9-12,17H,2,5,8,13-14H2,(H,24,28)(H,29,30). The highest BCUT2D eigenvalue weighted by molar-refractivity contribution is 6.02. The van der Waals surface area contributed by atoms with Crippen LogP contribution in [-0.4, -0.2) is 57.3 Å². The highest BCUT2D eigenvalue weighted by Gasteiger charge is 2.26. The molecule has 1 aliphatic rings. The fourth-order valence-corrected chi connectivity index (χ4v) is 3.55. The number of likely N-dealkylation sites (tertiary alicyclic amines) is 1. The Morgan fingerprint density at radius 2 is 2.12 bits per heavy atom. The average molecular weight is 438 g/mol. The molecule has 1 aromatic carbocycles. The minimum absolute atomic E-state index is 0.0825. The number of carbonyl (C=O) groups is 3. The molecule has 1 saturated heterocycles. The number of carboxylic acids is 1. The van der Waals surface area contributed by atoms with Gasteiger partial charge in [-0.2, -0.15) is 5.10 Å². The summed E-state index contributed by atoms with van der Waals surface area (Å²) in [6.45, 7) is 0.884. The number of carbonyl (C=O) groups excluding carboxylic acids is 2. The normalized spacial score (nSPS) is 15.9. The van der Waals surface area contributed by atoms with Crippen LogP contribution in [0.4, 0.5) is 5.69 Å². The number of benzene rings is 1. The fourth-order valence-electron chi connectivity index (χ4n) is 3.55. The summed E-state index contributed by atoms with van der Waals surface area (Å²) >= 11 is 0. The molecule has 1 atom stereocenters. The van der Waals surface area contributed by atoms with E-state index in [4.69, 9.17) is 14.3 Å². The molecule has 166 valence electrons. The summed E-state index contributed by atoms with van der Waals surface area (Å²) in [6, 6.07) is 9.86. The van der Waals surface area contributed by atoms with Crippen LogP contribution in [0.5, 0.6) is 5.75 Å². The summed E-state index contributed by atoms with van der Waals surface area (Å²) in [5, 5.41) is 15.9. The summed E-state index contributed by atoms with van der Waals surface area (Å²) < 4.78 is 12.3. The van der Waals surface area contributed by atoms with Crippen LogP contribution in [0.1, 0.15) is 39.8 Å². The van der Waals surface area contributed by atoms with Crippen LogP contribution in [0.2, 0.25) is 0 Å². The summed E-state index contributed by atoms with van der Waals surface area (Å²) in [4.78, 5) is 37.5. The van der Waals surface area contributed by atoms with Gasteiger partial charge in [-0.05, 0) is 37.1 Å². The van der Waals surface area contributed by atoms with Crippen LogP contribution in [-0.2, 0) is 4.79 Å². The molecule has 1 unspecified atom stereocenters. The number of hydrogen-bond donors (Lipinski definition) is 2. The van der Waals surface area contributed by atoms with Gasteiger partial charge in [0.2, 0.25) is 0 Å². The molecule has 10 heteroatoms. The van der Waals surface area contributed by atoms with E-state index >= 15 is 0 Å². The molecular weight excluding hydrogens is 416 g/mol. The van der Waals surface area contributed by atoms with Crippen molar-refractivity contribution in [1.82, 2.24) is 14.7 Å². The number of furan rings is 1.